The molecule has 0 spiro atoms. The quantitative estimate of drug-likeness (QED) is 0.0440. The maximum atomic E-state index is 10.3. The summed E-state index contributed by atoms with van der Waals surface area (Å²) in [5.74, 6) is -2.62. The summed E-state index contributed by atoms with van der Waals surface area (Å²) < 4.78 is 0. The van der Waals surface area contributed by atoms with E-state index >= 15 is 0 Å². The van der Waals surface area contributed by atoms with Crippen LogP contribution in [-0.2, 0) is 45.4 Å². The van der Waals surface area contributed by atoms with Gasteiger partial charge in [-0.1, -0.05) is 336 Å². The first-order chi connectivity index (χ1) is 35.1. The van der Waals surface area contributed by atoms with Crippen LogP contribution >= 0.6 is 0 Å². The van der Waals surface area contributed by atoms with Crippen molar-refractivity contribution in [3.63, 3.8) is 0 Å². The van der Waals surface area contributed by atoms with Crippen LogP contribution < -0.4 is 0 Å². The molecule has 0 fully saturated rings. The van der Waals surface area contributed by atoms with Crippen molar-refractivity contribution in [1.82, 2.24) is 0 Å². The normalized spacial score (nSPS) is 10.6. The second kappa shape index (κ2) is 77.3. The molecule has 4 N–H and O–H groups in total. The van der Waals surface area contributed by atoms with Crippen molar-refractivity contribution in [3.8, 4) is 0 Å². The Morgan fingerprint density at radius 2 is 0.260 bits per heavy atom. The third kappa shape index (κ3) is 96.9. The van der Waals surface area contributed by atoms with Gasteiger partial charge in [0.1, 0.15) is 0 Å². The second-order valence-electron chi connectivity index (χ2n) is 21.5. The van der Waals surface area contributed by atoms with Crippen LogP contribution in [-0.4, -0.2) is 44.3 Å². The molecule has 73 heavy (non-hydrogen) atoms. The van der Waals surface area contributed by atoms with Gasteiger partial charge >= 0.3 is 23.9 Å². The Bertz CT molecular complexity index is 879. The van der Waals surface area contributed by atoms with E-state index < -0.39 is 23.9 Å². The van der Waals surface area contributed by atoms with E-state index in [1.807, 2.05) is 0 Å². The number of carboxylic acid groups (broad SMARTS) is 4. The van der Waals surface area contributed by atoms with Crippen molar-refractivity contribution in [3.05, 3.63) is 0 Å². The Labute approximate surface area is 474 Å². The molecule has 0 radical (unpaired) electrons. The Balaban J connectivity index is -0.000000280. The maximum absolute atomic E-state index is 10.3. The fourth-order valence-corrected chi connectivity index (χ4v) is 9.18. The summed E-state index contributed by atoms with van der Waals surface area (Å²) in [5.41, 5.74) is 0. The van der Waals surface area contributed by atoms with Crippen molar-refractivity contribution < 1.29 is 65.8 Å². The monoisotopic (exact) mass is 1110 g/mol. The summed E-state index contributed by atoms with van der Waals surface area (Å²) >= 11 is 0. The number of unbranched alkanes of at least 4 members (excludes halogenated alkanes) is 48. The first kappa shape index (κ1) is 80.6. The topological polar surface area (TPSA) is 149 Å². The number of hydrogen-bond acceptors (Lipinski definition) is 4. The number of aliphatic carboxylic acids is 4. The molecule has 0 unspecified atom stereocenters. The van der Waals surface area contributed by atoms with Crippen molar-refractivity contribution in [2.75, 3.05) is 0 Å². The number of carbonyl (C=O) groups is 4. The zero-order chi connectivity index (χ0) is 53.9. The minimum atomic E-state index is -0.655. The van der Waals surface area contributed by atoms with Crippen molar-refractivity contribution in [1.29, 1.82) is 0 Å². The first-order valence-electron chi connectivity index (χ1n) is 32.0. The maximum Gasteiger partial charge on any atom is 0.303 e. The van der Waals surface area contributed by atoms with Crippen LogP contribution in [0.2, 0.25) is 0 Å². The van der Waals surface area contributed by atoms with E-state index in [-0.39, 0.29) is 26.2 Å². The van der Waals surface area contributed by atoms with Crippen molar-refractivity contribution in [2.24, 2.45) is 0 Å². The predicted molar refractivity (Wildman–Crippen MR) is 312 cm³/mol. The zero-order valence-electron chi connectivity index (χ0n) is 49.5. The van der Waals surface area contributed by atoms with Crippen molar-refractivity contribution >= 4 is 23.9 Å². The van der Waals surface area contributed by atoms with Gasteiger partial charge in [0.05, 0.1) is 0 Å². The SMILES string of the molecule is CCCCCCCCCCCCCCCC(=O)O.CCCCCCCCCCCCCCCC(=O)O.CCCCCCCCCCCCCCCC(=O)O.CCCCCCCCCCCCCCCC(=O)O.[Zr]. The molecule has 8 nitrogen and oxygen atoms in total. The molecule has 0 aromatic rings. The molecule has 0 aromatic carbocycles. The molecule has 0 aliphatic carbocycles. The van der Waals surface area contributed by atoms with E-state index in [9.17, 15) is 19.2 Å². The van der Waals surface area contributed by atoms with E-state index in [1.165, 1.54) is 283 Å². The van der Waals surface area contributed by atoms with Gasteiger partial charge in [0.2, 0.25) is 0 Å². The molecule has 0 aromatic heterocycles. The van der Waals surface area contributed by atoms with Crippen LogP contribution in [0.25, 0.3) is 0 Å². The molecule has 0 rings (SSSR count). The second-order valence-corrected chi connectivity index (χ2v) is 21.5. The van der Waals surface area contributed by atoms with Gasteiger partial charge in [-0.05, 0) is 25.7 Å². The predicted octanol–water partition coefficient (Wildman–Crippen LogP) is 22.2. The molecular weight excluding hydrogens is 988 g/mol. The van der Waals surface area contributed by atoms with Gasteiger partial charge in [0.25, 0.3) is 0 Å². The van der Waals surface area contributed by atoms with Gasteiger partial charge in [-0.15, -0.1) is 0 Å². The van der Waals surface area contributed by atoms with Crippen LogP contribution in [0, 0.1) is 0 Å². The molecule has 0 aliphatic heterocycles. The summed E-state index contributed by atoms with van der Waals surface area (Å²) in [4.78, 5) is 41.2. The largest absolute Gasteiger partial charge is 0.481 e. The molecule has 0 heterocycles. The molecule has 0 atom stereocenters. The smallest absolute Gasteiger partial charge is 0.303 e. The Morgan fingerprint density at radius 3 is 0.342 bits per heavy atom. The minimum absolute atomic E-state index is 0. The van der Waals surface area contributed by atoms with E-state index in [0.717, 1.165) is 51.4 Å². The third-order valence-corrected chi connectivity index (χ3v) is 14.0. The Hall–Kier alpha value is -1.24. The number of hydrogen-bond donors (Lipinski definition) is 4. The zero-order valence-corrected chi connectivity index (χ0v) is 52.0. The average molecular weight is 1120 g/mol. The summed E-state index contributed by atoms with van der Waals surface area (Å²) in [6.45, 7) is 9.04. The van der Waals surface area contributed by atoms with Gasteiger partial charge in [-0.3, -0.25) is 19.2 Å². The van der Waals surface area contributed by atoms with Gasteiger partial charge in [-0.2, -0.15) is 0 Å². The van der Waals surface area contributed by atoms with Gasteiger partial charge in [0.15, 0.2) is 0 Å². The molecule has 0 amide bonds. The van der Waals surface area contributed by atoms with Gasteiger partial charge in [-0.25, -0.2) is 0 Å². The molecular formula is C64H128O8Zr. The molecule has 0 saturated carbocycles. The summed E-state index contributed by atoms with van der Waals surface area (Å²) in [5, 5.41) is 34.0. The molecule has 0 bridgehead atoms. The number of carboxylic acids is 4. The Kier molecular flexibility index (Phi) is 85.3. The van der Waals surface area contributed by atoms with Gasteiger partial charge < -0.3 is 20.4 Å². The third-order valence-electron chi connectivity index (χ3n) is 14.0. The van der Waals surface area contributed by atoms with Gasteiger partial charge in [0, 0.05) is 51.9 Å². The van der Waals surface area contributed by atoms with E-state index in [4.69, 9.17) is 20.4 Å². The van der Waals surface area contributed by atoms with Crippen LogP contribution in [0.5, 0.6) is 0 Å². The van der Waals surface area contributed by atoms with E-state index in [0.29, 0.717) is 25.7 Å². The Morgan fingerprint density at radius 1 is 0.178 bits per heavy atom. The summed E-state index contributed by atoms with van der Waals surface area (Å²) in [7, 11) is 0. The van der Waals surface area contributed by atoms with E-state index in [2.05, 4.69) is 27.7 Å². The number of rotatable bonds is 56. The molecule has 436 valence electrons. The van der Waals surface area contributed by atoms with Crippen LogP contribution in [0.4, 0.5) is 0 Å². The van der Waals surface area contributed by atoms with E-state index in [1.54, 1.807) is 0 Å². The van der Waals surface area contributed by atoms with Crippen LogP contribution in [0.1, 0.15) is 387 Å². The summed E-state index contributed by atoms with van der Waals surface area (Å²) in [6, 6.07) is 0. The fourth-order valence-electron chi connectivity index (χ4n) is 9.18. The molecule has 9 heteroatoms. The van der Waals surface area contributed by atoms with Crippen LogP contribution in [0.15, 0.2) is 0 Å². The summed E-state index contributed by atoms with van der Waals surface area (Å²) in [6.07, 6.45) is 69.1. The fraction of sp³-hybridized carbons (Fsp3) is 0.938. The van der Waals surface area contributed by atoms with Crippen LogP contribution in [0.3, 0.4) is 0 Å². The van der Waals surface area contributed by atoms with Crippen molar-refractivity contribution in [2.45, 2.75) is 387 Å². The molecule has 0 saturated heterocycles. The standard InChI is InChI=1S/4C16H32O2.Zr/c4*1-2-3-4-5-6-7-8-9-10-11-12-13-14-15-16(17)18;/h4*2-15H2,1H3,(H,17,18);. The molecule has 0 aliphatic rings. The first-order valence-corrected chi connectivity index (χ1v) is 32.0. The average Bonchev–Trinajstić information content (AvgIpc) is 3.35. The minimum Gasteiger partial charge on any atom is -0.481 e.